The zero-order chi connectivity index (χ0) is 13.7. The Morgan fingerprint density at radius 3 is 2.74 bits per heavy atom. The Morgan fingerprint density at radius 1 is 1.37 bits per heavy atom. The molecule has 1 fully saturated rings. The molecular weight excluding hydrogens is 258 g/mol. The first-order valence-corrected chi connectivity index (χ1v) is 7.95. The van der Waals surface area contributed by atoms with Gasteiger partial charge in [-0.05, 0) is 18.8 Å². The molecule has 4 nitrogen and oxygen atoms in total. The van der Waals surface area contributed by atoms with Crippen LogP contribution in [-0.2, 0) is 17.9 Å². The van der Waals surface area contributed by atoms with E-state index < -0.39 is 0 Å². The van der Waals surface area contributed by atoms with Gasteiger partial charge >= 0.3 is 0 Å². The Kier molecular flexibility index (Phi) is 5.60. The van der Waals surface area contributed by atoms with Crippen LogP contribution in [0.1, 0.15) is 42.7 Å². The van der Waals surface area contributed by atoms with Crippen LogP contribution in [0.3, 0.4) is 0 Å². The van der Waals surface area contributed by atoms with Crippen LogP contribution < -0.4 is 10.6 Å². The third-order valence-electron chi connectivity index (χ3n) is 3.82. The Hall–Kier alpha value is -0.650. The van der Waals surface area contributed by atoms with Crippen molar-refractivity contribution < 1.29 is 4.74 Å². The maximum Gasteiger partial charge on any atom is 0.185 e. The van der Waals surface area contributed by atoms with Crippen molar-refractivity contribution in [2.75, 3.05) is 25.6 Å². The number of methoxy groups -OCH3 is 1. The Labute approximate surface area is 120 Å². The van der Waals surface area contributed by atoms with E-state index in [4.69, 9.17) is 10.5 Å². The number of anilines is 1. The van der Waals surface area contributed by atoms with E-state index in [-0.39, 0.29) is 0 Å². The standard InChI is InChI=1S/C14H25N3OS/c1-17(9-11-6-4-3-5-7-11)14-16-12(10-18-2)13(8-15)19-14/h11H,3-10,15H2,1-2H3. The zero-order valence-electron chi connectivity index (χ0n) is 12.0. The van der Waals surface area contributed by atoms with E-state index >= 15 is 0 Å². The van der Waals surface area contributed by atoms with E-state index in [2.05, 4.69) is 16.9 Å². The van der Waals surface area contributed by atoms with Crippen LogP contribution >= 0.6 is 11.3 Å². The summed E-state index contributed by atoms with van der Waals surface area (Å²) in [5, 5.41) is 1.08. The summed E-state index contributed by atoms with van der Waals surface area (Å²) in [5.41, 5.74) is 6.78. The Bertz CT molecular complexity index is 388. The second kappa shape index (κ2) is 7.22. The molecule has 0 aromatic carbocycles. The van der Waals surface area contributed by atoms with Crippen molar-refractivity contribution in [3.63, 3.8) is 0 Å². The predicted octanol–water partition coefficient (Wildman–Crippen LogP) is 2.76. The zero-order valence-corrected chi connectivity index (χ0v) is 12.8. The number of nitrogens with two attached hydrogens (primary N) is 1. The molecule has 0 amide bonds. The van der Waals surface area contributed by atoms with Crippen LogP contribution in [-0.4, -0.2) is 25.7 Å². The minimum atomic E-state index is 0.549. The highest BCUT2D eigenvalue weighted by molar-refractivity contribution is 7.15. The number of hydrogen-bond donors (Lipinski definition) is 1. The molecule has 0 saturated heterocycles. The van der Waals surface area contributed by atoms with Crippen molar-refractivity contribution in [3.05, 3.63) is 10.6 Å². The second-order valence-electron chi connectivity index (χ2n) is 5.39. The fourth-order valence-corrected chi connectivity index (χ4v) is 3.69. The summed E-state index contributed by atoms with van der Waals surface area (Å²) < 4.78 is 5.18. The molecule has 0 bridgehead atoms. The van der Waals surface area contributed by atoms with Crippen molar-refractivity contribution in [1.29, 1.82) is 0 Å². The minimum Gasteiger partial charge on any atom is -0.378 e. The highest BCUT2D eigenvalue weighted by Gasteiger charge is 2.18. The molecule has 108 valence electrons. The lowest BCUT2D eigenvalue weighted by molar-refractivity contribution is 0.181. The van der Waals surface area contributed by atoms with E-state index in [9.17, 15) is 0 Å². The average Bonchev–Trinajstić information content (AvgIpc) is 2.83. The first-order chi connectivity index (χ1) is 9.24. The lowest BCUT2D eigenvalue weighted by Gasteiger charge is -2.26. The van der Waals surface area contributed by atoms with E-state index in [1.54, 1.807) is 18.4 Å². The molecule has 0 spiro atoms. The number of nitrogens with zero attached hydrogens (tertiary/aromatic N) is 2. The first kappa shape index (κ1) is 14.8. The quantitative estimate of drug-likeness (QED) is 0.872. The highest BCUT2D eigenvalue weighted by Crippen LogP contribution is 2.29. The summed E-state index contributed by atoms with van der Waals surface area (Å²) in [5.74, 6) is 0.829. The maximum atomic E-state index is 5.77. The topological polar surface area (TPSA) is 51.4 Å². The van der Waals surface area contributed by atoms with Gasteiger partial charge in [0.1, 0.15) is 0 Å². The van der Waals surface area contributed by atoms with Gasteiger partial charge in [0, 0.05) is 32.1 Å². The molecule has 1 aliphatic carbocycles. The van der Waals surface area contributed by atoms with Gasteiger partial charge in [-0.1, -0.05) is 19.3 Å². The van der Waals surface area contributed by atoms with Gasteiger partial charge in [0.2, 0.25) is 0 Å². The normalized spacial score (nSPS) is 16.8. The summed E-state index contributed by atoms with van der Waals surface area (Å²) in [6, 6.07) is 0. The van der Waals surface area contributed by atoms with E-state index in [0.717, 1.165) is 28.2 Å². The number of rotatable bonds is 6. The van der Waals surface area contributed by atoms with Crippen molar-refractivity contribution in [1.82, 2.24) is 4.98 Å². The average molecular weight is 283 g/mol. The number of aromatic nitrogens is 1. The van der Waals surface area contributed by atoms with Crippen LogP contribution in [0.4, 0.5) is 5.13 Å². The smallest absolute Gasteiger partial charge is 0.185 e. The van der Waals surface area contributed by atoms with Crippen molar-refractivity contribution in [3.8, 4) is 0 Å². The van der Waals surface area contributed by atoms with Crippen LogP contribution in [0.2, 0.25) is 0 Å². The molecular formula is C14H25N3OS. The molecule has 19 heavy (non-hydrogen) atoms. The monoisotopic (exact) mass is 283 g/mol. The molecule has 1 saturated carbocycles. The van der Waals surface area contributed by atoms with Gasteiger partial charge in [0.25, 0.3) is 0 Å². The van der Waals surface area contributed by atoms with E-state index in [1.165, 1.54) is 32.1 Å². The molecule has 0 atom stereocenters. The predicted molar refractivity (Wildman–Crippen MR) is 80.6 cm³/mol. The fourth-order valence-electron chi connectivity index (χ4n) is 2.78. The van der Waals surface area contributed by atoms with Gasteiger partial charge in [-0.25, -0.2) is 4.98 Å². The Balaban J connectivity index is 1.99. The molecule has 2 N–H and O–H groups in total. The van der Waals surface area contributed by atoms with Gasteiger partial charge in [-0.15, -0.1) is 11.3 Å². The molecule has 0 unspecified atom stereocenters. The summed E-state index contributed by atoms with van der Waals surface area (Å²) in [7, 11) is 3.84. The Morgan fingerprint density at radius 2 is 2.11 bits per heavy atom. The second-order valence-corrected chi connectivity index (χ2v) is 6.45. The molecule has 0 aliphatic heterocycles. The third-order valence-corrected chi connectivity index (χ3v) is 5.05. The van der Waals surface area contributed by atoms with Gasteiger partial charge in [-0.2, -0.15) is 0 Å². The summed E-state index contributed by atoms with van der Waals surface area (Å²) in [6.07, 6.45) is 6.92. The highest BCUT2D eigenvalue weighted by atomic mass is 32.1. The molecule has 1 aromatic rings. The lowest BCUT2D eigenvalue weighted by Crippen LogP contribution is -2.26. The van der Waals surface area contributed by atoms with Crippen LogP contribution in [0.5, 0.6) is 0 Å². The molecule has 1 aliphatic rings. The largest absolute Gasteiger partial charge is 0.378 e. The summed E-state index contributed by atoms with van der Waals surface area (Å²) >= 11 is 1.71. The van der Waals surface area contributed by atoms with Crippen LogP contribution in [0, 0.1) is 5.92 Å². The minimum absolute atomic E-state index is 0.549. The number of hydrogen-bond acceptors (Lipinski definition) is 5. The fraction of sp³-hybridized carbons (Fsp3) is 0.786. The van der Waals surface area contributed by atoms with Crippen molar-refractivity contribution in [2.24, 2.45) is 11.7 Å². The van der Waals surface area contributed by atoms with Crippen molar-refractivity contribution >= 4 is 16.5 Å². The molecule has 0 radical (unpaired) electrons. The van der Waals surface area contributed by atoms with Crippen molar-refractivity contribution in [2.45, 2.75) is 45.3 Å². The molecule has 2 rings (SSSR count). The number of ether oxygens (including phenoxy) is 1. The third kappa shape index (κ3) is 3.91. The van der Waals surface area contributed by atoms with Crippen LogP contribution in [0.15, 0.2) is 0 Å². The van der Waals surface area contributed by atoms with Gasteiger partial charge in [0.15, 0.2) is 5.13 Å². The SMILES string of the molecule is COCc1nc(N(C)CC2CCCCC2)sc1CN. The molecule has 1 aromatic heterocycles. The summed E-state index contributed by atoms with van der Waals surface area (Å²) in [6.45, 7) is 2.22. The van der Waals surface area contributed by atoms with Gasteiger partial charge in [-0.3, -0.25) is 0 Å². The molecule has 1 heterocycles. The lowest BCUT2D eigenvalue weighted by atomic mass is 9.89. The first-order valence-electron chi connectivity index (χ1n) is 7.13. The van der Waals surface area contributed by atoms with Gasteiger partial charge in [0.05, 0.1) is 12.3 Å². The summed E-state index contributed by atoms with van der Waals surface area (Å²) in [4.78, 5) is 8.11. The van der Waals surface area contributed by atoms with Gasteiger partial charge < -0.3 is 15.4 Å². The number of thiazole rings is 1. The maximum absolute atomic E-state index is 5.77. The van der Waals surface area contributed by atoms with E-state index in [1.807, 2.05) is 0 Å². The van der Waals surface area contributed by atoms with E-state index in [0.29, 0.717) is 13.2 Å². The van der Waals surface area contributed by atoms with Crippen LogP contribution in [0.25, 0.3) is 0 Å². The molecule has 5 heteroatoms.